The maximum atomic E-state index is 13.5. The maximum absolute atomic E-state index is 13.5. The fourth-order valence-corrected chi connectivity index (χ4v) is 3.87. The van der Waals surface area contributed by atoms with Crippen LogP contribution in [0.1, 0.15) is 57.8 Å². The normalized spacial score (nSPS) is 16.5. The topological polar surface area (TPSA) is 100 Å². The lowest BCUT2D eigenvalue weighted by molar-refractivity contribution is -0.118. The Morgan fingerprint density at radius 2 is 1.97 bits per heavy atom. The van der Waals surface area contributed by atoms with Crippen molar-refractivity contribution >= 4 is 23.3 Å². The molecule has 2 amide bonds. The Kier molecular flexibility index (Phi) is 5.19. The van der Waals surface area contributed by atoms with E-state index in [4.69, 9.17) is 0 Å². The number of aliphatic hydroxyl groups excluding tert-OH is 1. The van der Waals surface area contributed by atoms with Gasteiger partial charge in [0.1, 0.15) is 5.82 Å². The first-order valence-electron chi connectivity index (χ1n) is 10.1. The maximum Gasteiger partial charge on any atom is 0.294 e. The van der Waals surface area contributed by atoms with E-state index in [0.717, 1.165) is 18.5 Å². The van der Waals surface area contributed by atoms with Crippen molar-refractivity contribution in [3.8, 4) is 0 Å². The van der Waals surface area contributed by atoms with E-state index in [0.29, 0.717) is 42.6 Å². The number of hydrogen-bond acceptors (Lipinski definition) is 4. The summed E-state index contributed by atoms with van der Waals surface area (Å²) in [5.41, 5.74) is 1.42. The van der Waals surface area contributed by atoms with Gasteiger partial charge in [0, 0.05) is 17.9 Å². The fraction of sp³-hybridized carbons (Fsp3) is 0.409. The number of hydrogen-bond donors (Lipinski definition) is 3. The van der Waals surface area contributed by atoms with Gasteiger partial charge < -0.3 is 20.3 Å². The van der Waals surface area contributed by atoms with E-state index in [2.05, 4.69) is 10.6 Å². The quantitative estimate of drug-likeness (QED) is 0.500. The summed E-state index contributed by atoms with van der Waals surface area (Å²) < 4.78 is 15.2. The number of nitrogens with one attached hydrogen (secondary N) is 2. The second kappa shape index (κ2) is 7.68. The summed E-state index contributed by atoms with van der Waals surface area (Å²) in [7, 11) is 0. The highest BCUT2D eigenvalue weighted by Crippen LogP contribution is 2.34. The molecule has 1 aromatic carbocycles. The molecule has 7 nitrogen and oxygen atoms in total. The molecule has 1 saturated carbocycles. The molecule has 3 N–H and O–H groups in total. The average Bonchev–Trinajstić information content (AvgIpc) is 3.40. The van der Waals surface area contributed by atoms with Gasteiger partial charge in [0.25, 0.3) is 17.6 Å². The fourth-order valence-electron chi connectivity index (χ4n) is 3.87. The molecule has 2 aliphatic rings. The average molecular weight is 413 g/mol. The van der Waals surface area contributed by atoms with Gasteiger partial charge in [-0.25, -0.2) is 4.39 Å². The molecule has 0 saturated heterocycles. The van der Waals surface area contributed by atoms with E-state index in [1.807, 2.05) is 0 Å². The van der Waals surface area contributed by atoms with Gasteiger partial charge in [-0.3, -0.25) is 14.4 Å². The van der Waals surface area contributed by atoms with Crippen molar-refractivity contribution in [3.05, 3.63) is 52.6 Å². The van der Waals surface area contributed by atoms with Crippen molar-refractivity contribution in [2.75, 3.05) is 11.9 Å². The van der Waals surface area contributed by atoms with Crippen LogP contribution in [-0.2, 0) is 17.8 Å². The second-order valence-electron chi connectivity index (χ2n) is 8.14. The largest absolute Gasteiger partial charge is 0.394 e. The Labute approximate surface area is 173 Å². The molecule has 1 aliphatic carbocycles. The third-order valence-electron chi connectivity index (χ3n) is 5.89. The number of benzene rings is 1. The molecule has 8 heteroatoms. The molecule has 0 bridgehead atoms. The zero-order chi connectivity index (χ0) is 21.5. The van der Waals surface area contributed by atoms with Crippen molar-refractivity contribution < 1.29 is 23.9 Å². The number of fused-ring (bicyclic) bond motifs is 1. The molecule has 0 atom stereocenters. The summed E-state index contributed by atoms with van der Waals surface area (Å²) in [6.07, 6.45) is 3.63. The summed E-state index contributed by atoms with van der Waals surface area (Å²) in [5.74, 6) is -2.24. The second-order valence-corrected chi connectivity index (χ2v) is 8.14. The van der Waals surface area contributed by atoms with Gasteiger partial charge in [-0.15, -0.1) is 0 Å². The van der Waals surface area contributed by atoms with E-state index < -0.39 is 23.1 Å². The predicted octanol–water partition coefficient (Wildman–Crippen LogP) is 2.35. The van der Waals surface area contributed by atoms with Crippen molar-refractivity contribution in [1.29, 1.82) is 0 Å². The number of carbonyl (C=O) groups is 3. The molecule has 1 aliphatic heterocycles. The van der Waals surface area contributed by atoms with Crippen LogP contribution in [0.5, 0.6) is 0 Å². The Bertz CT molecular complexity index is 1040. The van der Waals surface area contributed by atoms with E-state index >= 15 is 0 Å². The van der Waals surface area contributed by atoms with Crippen LogP contribution < -0.4 is 10.6 Å². The summed E-state index contributed by atoms with van der Waals surface area (Å²) in [4.78, 5) is 38.2. The standard InChI is InChI=1S/C22H24FN3O4/c1-13-10-14(5-6-16(13)23)24-20(29)15-11-18(26-9-3-2-4-17(15)26)19(28)21(30)25-22(12-27)7-8-22/h5-6,10-11,27H,2-4,7-9,12H2,1H3,(H,24,29)(H,25,30). The minimum atomic E-state index is -0.770. The third kappa shape index (κ3) is 3.75. The Hall–Kier alpha value is -3.00. The van der Waals surface area contributed by atoms with Crippen LogP contribution >= 0.6 is 0 Å². The van der Waals surface area contributed by atoms with Gasteiger partial charge in [0.15, 0.2) is 0 Å². The Morgan fingerprint density at radius 3 is 2.63 bits per heavy atom. The Morgan fingerprint density at radius 1 is 1.20 bits per heavy atom. The SMILES string of the molecule is Cc1cc(NC(=O)c2cc(C(=O)C(=O)NC3(CO)CC3)n3c2CCCC3)ccc1F. The molecule has 30 heavy (non-hydrogen) atoms. The zero-order valence-corrected chi connectivity index (χ0v) is 16.8. The molecular formula is C22H24FN3O4. The summed E-state index contributed by atoms with van der Waals surface area (Å²) in [5, 5.41) is 14.8. The molecule has 0 unspecified atom stereocenters. The van der Waals surface area contributed by atoms with Crippen LogP contribution in [0.15, 0.2) is 24.3 Å². The van der Waals surface area contributed by atoms with Gasteiger partial charge in [0.2, 0.25) is 0 Å². The highest BCUT2D eigenvalue weighted by atomic mass is 19.1. The predicted molar refractivity (Wildman–Crippen MR) is 108 cm³/mol. The molecule has 2 aromatic rings. The van der Waals surface area contributed by atoms with E-state index in [-0.39, 0.29) is 18.1 Å². The van der Waals surface area contributed by atoms with E-state index in [1.54, 1.807) is 17.6 Å². The summed E-state index contributed by atoms with van der Waals surface area (Å²) in [6.45, 7) is 1.96. The monoisotopic (exact) mass is 413 g/mol. The number of ketones is 1. The van der Waals surface area contributed by atoms with Crippen molar-refractivity contribution in [1.82, 2.24) is 9.88 Å². The first-order chi connectivity index (χ1) is 14.3. The van der Waals surface area contributed by atoms with Gasteiger partial charge in [-0.05, 0) is 68.9 Å². The lowest BCUT2D eigenvalue weighted by atomic mass is 10.1. The first kappa shape index (κ1) is 20.3. The highest BCUT2D eigenvalue weighted by Gasteiger charge is 2.45. The van der Waals surface area contributed by atoms with Crippen molar-refractivity contribution in [2.24, 2.45) is 0 Å². The van der Waals surface area contributed by atoms with Gasteiger partial charge >= 0.3 is 0 Å². The van der Waals surface area contributed by atoms with E-state index in [9.17, 15) is 23.9 Å². The van der Waals surface area contributed by atoms with Crippen molar-refractivity contribution in [3.63, 3.8) is 0 Å². The molecule has 0 radical (unpaired) electrons. The first-order valence-corrected chi connectivity index (χ1v) is 10.1. The van der Waals surface area contributed by atoms with Crippen LogP contribution in [0.25, 0.3) is 0 Å². The van der Waals surface area contributed by atoms with Gasteiger partial charge in [0.05, 0.1) is 23.4 Å². The van der Waals surface area contributed by atoms with Crippen LogP contribution in [0.2, 0.25) is 0 Å². The number of anilines is 1. The van der Waals surface area contributed by atoms with Crippen LogP contribution in [0, 0.1) is 12.7 Å². The zero-order valence-electron chi connectivity index (χ0n) is 16.8. The lowest BCUT2D eigenvalue weighted by Crippen LogP contribution is -2.43. The molecular weight excluding hydrogens is 389 g/mol. The number of halogens is 1. The number of amides is 2. The van der Waals surface area contributed by atoms with Crippen LogP contribution in [0.4, 0.5) is 10.1 Å². The number of nitrogens with zero attached hydrogens (tertiary/aromatic N) is 1. The molecule has 2 heterocycles. The minimum absolute atomic E-state index is 0.177. The molecule has 4 rings (SSSR count). The lowest BCUT2D eigenvalue weighted by Gasteiger charge is -2.19. The third-order valence-corrected chi connectivity index (χ3v) is 5.89. The Balaban J connectivity index is 1.60. The molecule has 1 aromatic heterocycles. The molecule has 0 spiro atoms. The summed E-state index contributed by atoms with van der Waals surface area (Å²) >= 11 is 0. The number of aryl methyl sites for hydroxylation is 1. The van der Waals surface area contributed by atoms with Gasteiger partial charge in [-0.2, -0.15) is 0 Å². The highest BCUT2D eigenvalue weighted by molar-refractivity contribution is 6.42. The van der Waals surface area contributed by atoms with Gasteiger partial charge in [-0.1, -0.05) is 0 Å². The summed E-state index contributed by atoms with van der Waals surface area (Å²) in [6, 6.07) is 5.77. The number of Topliss-reactive ketones (excluding diaryl/α,β-unsaturated/α-hetero) is 1. The van der Waals surface area contributed by atoms with Crippen LogP contribution in [-0.4, -0.2) is 39.4 Å². The van der Waals surface area contributed by atoms with Crippen molar-refractivity contribution in [2.45, 2.75) is 51.1 Å². The number of carbonyl (C=O) groups excluding carboxylic acids is 3. The number of rotatable bonds is 6. The number of aromatic nitrogens is 1. The molecule has 158 valence electrons. The number of aliphatic hydroxyl groups is 1. The smallest absolute Gasteiger partial charge is 0.294 e. The minimum Gasteiger partial charge on any atom is -0.394 e. The molecule has 1 fully saturated rings. The van der Waals surface area contributed by atoms with Crippen LogP contribution in [0.3, 0.4) is 0 Å². The van der Waals surface area contributed by atoms with E-state index in [1.165, 1.54) is 18.2 Å².